The summed E-state index contributed by atoms with van der Waals surface area (Å²) in [5.74, 6) is -0.241. The lowest BCUT2D eigenvalue weighted by molar-refractivity contribution is 0.0627. The maximum absolute atomic E-state index is 12.9. The number of aromatic nitrogens is 2. The number of rotatable bonds is 4. The monoisotopic (exact) mass is 470 g/mol. The van der Waals surface area contributed by atoms with E-state index in [1.807, 2.05) is 24.3 Å². The predicted octanol–water partition coefficient (Wildman–Crippen LogP) is 4.10. The van der Waals surface area contributed by atoms with Crippen LogP contribution in [-0.2, 0) is 6.54 Å². The summed E-state index contributed by atoms with van der Waals surface area (Å²) < 4.78 is 1.43. The van der Waals surface area contributed by atoms with Gasteiger partial charge in [0.2, 0.25) is 0 Å². The van der Waals surface area contributed by atoms with Crippen LogP contribution >= 0.6 is 34.3 Å². The van der Waals surface area contributed by atoms with Gasteiger partial charge >= 0.3 is 0 Å². The highest BCUT2D eigenvalue weighted by molar-refractivity contribution is 7.15. The molecule has 1 saturated heterocycles. The molecule has 5 rings (SSSR count). The summed E-state index contributed by atoms with van der Waals surface area (Å²) >= 11 is 9.44. The minimum Gasteiger partial charge on any atom is -0.336 e. The molecule has 0 saturated carbocycles. The first kappa shape index (κ1) is 20.4. The Labute approximate surface area is 192 Å². The standard InChI is InChI=1S/C22H19ClN4O2S2/c23-18-4-2-1-3-16(18)19-6-5-15(31-19)14-25-7-9-26(10-8-25)20(28)17-13-24-22-27(21(17)29)11-12-30-22/h1-6,11-13H,7-10,14H2. The fourth-order valence-electron chi connectivity index (χ4n) is 3.74. The Balaban J connectivity index is 1.23. The number of hydrogen-bond acceptors (Lipinski definition) is 6. The molecule has 0 atom stereocenters. The van der Waals surface area contributed by atoms with E-state index in [4.69, 9.17) is 11.6 Å². The number of amides is 1. The van der Waals surface area contributed by atoms with Crippen molar-refractivity contribution in [1.29, 1.82) is 0 Å². The Morgan fingerprint density at radius 2 is 1.90 bits per heavy atom. The van der Waals surface area contributed by atoms with Crippen LogP contribution < -0.4 is 5.56 Å². The number of thiophene rings is 1. The number of piperazine rings is 1. The second-order valence-electron chi connectivity index (χ2n) is 7.35. The van der Waals surface area contributed by atoms with Crippen molar-refractivity contribution in [3.05, 3.63) is 80.0 Å². The van der Waals surface area contributed by atoms with E-state index in [9.17, 15) is 9.59 Å². The van der Waals surface area contributed by atoms with Gasteiger partial charge in [-0.1, -0.05) is 29.8 Å². The Hall–Kier alpha value is -2.52. The molecule has 1 aromatic carbocycles. The van der Waals surface area contributed by atoms with Crippen molar-refractivity contribution in [2.75, 3.05) is 26.2 Å². The van der Waals surface area contributed by atoms with E-state index in [2.05, 4.69) is 22.0 Å². The molecule has 158 valence electrons. The Morgan fingerprint density at radius 1 is 1.10 bits per heavy atom. The van der Waals surface area contributed by atoms with E-state index in [-0.39, 0.29) is 17.0 Å². The van der Waals surface area contributed by atoms with Gasteiger partial charge in [-0.3, -0.25) is 18.9 Å². The first-order chi connectivity index (χ1) is 15.1. The molecule has 4 aromatic rings. The van der Waals surface area contributed by atoms with E-state index in [0.29, 0.717) is 18.1 Å². The van der Waals surface area contributed by atoms with E-state index >= 15 is 0 Å². The van der Waals surface area contributed by atoms with Crippen molar-refractivity contribution in [2.45, 2.75) is 6.54 Å². The number of benzene rings is 1. The van der Waals surface area contributed by atoms with Crippen LogP contribution in [0.4, 0.5) is 0 Å². The number of carbonyl (C=O) groups is 1. The molecular formula is C22H19ClN4O2S2. The van der Waals surface area contributed by atoms with Crippen LogP contribution in [0.25, 0.3) is 15.4 Å². The van der Waals surface area contributed by atoms with Crippen molar-refractivity contribution in [3.8, 4) is 10.4 Å². The summed E-state index contributed by atoms with van der Waals surface area (Å²) in [6.07, 6.45) is 3.06. The van der Waals surface area contributed by atoms with Crippen molar-refractivity contribution in [2.24, 2.45) is 0 Å². The quantitative estimate of drug-likeness (QED) is 0.450. The predicted molar refractivity (Wildman–Crippen MR) is 125 cm³/mol. The fraction of sp³-hybridized carbons (Fsp3) is 0.227. The second kappa shape index (κ2) is 8.55. The molecule has 9 heteroatoms. The summed E-state index contributed by atoms with van der Waals surface area (Å²) in [5.41, 5.74) is 0.884. The number of thiazole rings is 1. The van der Waals surface area contributed by atoms with Crippen LogP contribution in [0.5, 0.6) is 0 Å². The van der Waals surface area contributed by atoms with Crippen molar-refractivity contribution in [1.82, 2.24) is 19.2 Å². The highest BCUT2D eigenvalue weighted by Crippen LogP contribution is 2.33. The Kier molecular flexibility index (Phi) is 5.62. The lowest BCUT2D eigenvalue weighted by Gasteiger charge is -2.34. The van der Waals surface area contributed by atoms with Gasteiger partial charge in [0.05, 0.1) is 0 Å². The number of carbonyl (C=O) groups excluding carboxylic acids is 1. The summed E-state index contributed by atoms with van der Waals surface area (Å²) in [6.45, 7) is 3.55. The molecular weight excluding hydrogens is 452 g/mol. The summed E-state index contributed by atoms with van der Waals surface area (Å²) in [4.78, 5) is 36.8. The normalized spacial score (nSPS) is 14.9. The molecule has 1 aliphatic rings. The van der Waals surface area contributed by atoms with Crippen LogP contribution in [0.1, 0.15) is 15.2 Å². The molecule has 0 radical (unpaired) electrons. The molecule has 0 bridgehead atoms. The third kappa shape index (κ3) is 4.04. The SMILES string of the molecule is O=C(c1cnc2sccn2c1=O)N1CCN(Cc2ccc(-c3ccccc3Cl)s2)CC1. The molecule has 0 N–H and O–H groups in total. The average molecular weight is 471 g/mol. The zero-order valence-electron chi connectivity index (χ0n) is 16.5. The molecule has 4 heterocycles. The number of nitrogens with zero attached hydrogens (tertiary/aromatic N) is 4. The second-order valence-corrected chi connectivity index (χ2v) is 9.80. The summed E-state index contributed by atoms with van der Waals surface area (Å²) in [5, 5.41) is 2.55. The minimum atomic E-state index is -0.302. The van der Waals surface area contributed by atoms with Gasteiger partial charge in [-0.05, 0) is 18.2 Å². The van der Waals surface area contributed by atoms with Gasteiger partial charge in [0.1, 0.15) is 5.56 Å². The topological polar surface area (TPSA) is 57.9 Å². The first-order valence-electron chi connectivity index (χ1n) is 9.90. The van der Waals surface area contributed by atoms with Crippen LogP contribution in [0.3, 0.4) is 0 Å². The van der Waals surface area contributed by atoms with Gasteiger partial charge in [-0.25, -0.2) is 4.98 Å². The van der Waals surface area contributed by atoms with Gasteiger partial charge < -0.3 is 4.90 Å². The number of fused-ring (bicyclic) bond motifs is 1. The third-order valence-electron chi connectivity index (χ3n) is 5.41. The molecule has 0 aliphatic carbocycles. The number of hydrogen-bond donors (Lipinski definition) is 0. The highest BCUT2D eigenvalue weighted by Gasteiger charge is 2.25. The highest BCUT2D eigenvalue weighted by atomic mass is 35.5. The number of halogens is 1. The summed E-state index contributed by atoms with van der Waals surface area (Å²) in [7, 11) is 0. The Bertz CT molecular complexity index is 1300. The lowest BCUT2D eigenvalue weighted by atomic mass is 10.2. The van der Waals surface area contributed by atoms with Crippen molar-refractivity contribution < 1.29 is 4.79 Å². The molecule has 6 nitrogen and oxygen atoms in total. The van der Waals surface area contributed by atoms with Crippen molar-refractivity contribution >= 4 is 45.1 Å². The maximum Gasteiger partial charge on any atom is 0.271 e. The largest absolute Gasteiger partial charge is 0.336 e. The molecule has 0 unspecified atom stereocenters. The molecule has 1 aliphatic heterocycles. The van der Waals surface area contributed by atoms with Gasteiger partial charge in [0.15, 0.2) is 4.96 Å². The van der Waals surface area contributed by atoms with Gasteiger partial charge in [-0.2, -0.15) is 0 Å². The van der Waals surface area contributed by atoms with E-state index < -0.39 is 0 Å². The minimum absolute atomic E-state index is 0.131. The van der Waals surface area contributed by atoms with Gasteiger partial charge in [-0.15, -0.1) is 22.7 Å². The zero-order valence-corrected chi connectivity index (χ0v) is 18.9. The average Bonchev–Trinajstić information content (AvgIpc) is 3.45. The van der Waals surface area contributed by atoms with Crippen LogP contribution in [0.15, 0.2) is 59.0 Å². The maximum atomic E-state index is 12.9. The van der Waals surface area contributed by atoms with Gasteiger partial charge in [0.25, 0.3) is 11.5 Å². The van der Waals surface area contributed by atoms with Crippen molar-refractivity contribution in [3.63, 3.8) is 0 Å². The molecule has 1 amide bonds. The molecule has 1 fully saturated rings. The smallest absolute Gasteiger partial charge is 0.271 e. The Morgan fingerprint density at radius 3 is 2.71 bits per heavy atom. The molecule has 3 aromatic heterocycles. The lowest BCUT2D eigenvalue weighted by Crippen LogP contribution is -2.49. The molecule has 31 heavy (non-hydrogen) atoms. The zero-order chi connectivity index (χ0) is 21.4. The molecule has 0 spiro atoms. The van der Waals surface area contributed by atoms with E-state index in [1.54, 1.807) is 27.8 Å². The van der Waals surface area contributed by atoms with E-state index in [1.165, 1.54) is 26.8 Å². The first-order valence-corrected chi connectivity index (χ1v) is 12.0. The fourth-order valence-corrected chi connectivity index (χ4v) is 5.80. The van der Waals surface area contributed by atoms with Crippen LogP contribution in [0.2, 0.25) is 5.02 Å². The van der Waals surface area contributed by atoms with Gasteiger partial charge in [0, 0.05) is 70.8 Å². The van der Waals surface area contributed by atoms with E-state index in [0.717, 1.165) is 35.1 Å². The van der Waals surface area contributed by atoms with Crippen LogP contribution in [-0.4, -0.2) is 51.3 Å². The van der Waals surface area contributed by atoms with Crippen LogP contribution in [0, 0.1) is 0 Å². The summed E-state index contributed by atoms with van der Waals surface area (Å²) in [6, 6.07) is 12.1. The third-order valence-corrected chi connectivity index (χ3v) is 7.62.